The number of nitrogens with zero attached hydrogens (tertiary/aromatic N) is 3. The molecule has 0 spiro atoms. The van der Waals surface area contributed by atoms with Crippen molar-refractivity contribution in [3.63, 3.8) is 0 Å². The molecule has 3 aromatic rings. The summed E-state index contributed by atoms with van der Waals surface area (Å²) in [7, 11) is 0. The first-order valence-electron chi connectivity index (χ1n) is 11.8. The number of rotatable bonds is 4. The maximum Gasteiger partial charge on any atom is 0.410 e. The molecule has 8 heteroatoms. The lowest BCUT2D eigenvalue weighted by Gasteiger charge is -2.34. The molecule has 0 unspecified atom stereocenters. The van der Waals surface area contributed by atoms with E-state index < -0.39 is 11.6 Å². The molecule has 8 nitrogen and oxygen atoms in total. The number of benzene rings is 1. The van der Waals surface area contributed by atoms with Gasteiger partial charge < -0.3 is 14.4 Å². The van der Waals surface area contributed by atoms with E-state index in [1.54, 1.807) is 17.2 Å². The smallest absolute Gasteiger partial charge is 0.410 e. The van der Waals surface area contributed by atoms with Gasteiger partial charge in [0.15, 0.2) is 11.3 Å². The van der Waals surface area contributed by atoms with Crippen LogP contribution in [-0.2, 0) is 11.2 Å². The summed E-state index contributed by atoms with van der Waals surface area (Å²) < 4.78 is 11.1. The standard InChI is InChI=1S/C26H32N4O4/c1-6-17-14-22(28-23-21(17)15-27-29-23)24(31)33-19-7-8-20(16(2)13-19)18-9-11-30(12-10-18)25(32)34-26(3,4)5/h7-8,13-15,18H,6,9-12H2,1-5H3,(H,27,28,29). The minimum Gasteiger partial charge on any atom is -0.444 e. The van der Waals surface area contributed by atoms with E-state index in [9.17, 15) is 9.59 Å². The second-order valence-corrected chi connectivity index (χ2v) is 9.80. The Morgan fingerprint density at radius 3 is 2.56 bits per heavy atom. The van der Waals surface area contributed by atoms with Gasteiger partial charge in [0.25, 0.3) is 0 Å². The molecule has 4 rings (SSSR count). The van der Waals surface area contributed by atoms with Gasteiger partial charge in [0.05, 0.1) is 6.20 Å². The molecule has 1 saturated heterocycles. The fourth-order valence-electron chi connectivity index (χ4n) is 4.42. The van der Waals surface area contributed by atoms with Gasteiger partial charge in [0, 0.05) is 18.5 Å². The van der Waals surface area contributed by atoms with Crippen molar-refractivity contribution in [1.29, 1.82) is 0 Å². The Morgan fingerprint density at radius 2 is 1.91 bits per heavy atom. The molecule has 0 bridgehead atoms. The quantitative estimate of drug-likeness (QED) is 0.423. The number of aromatic amines is 1. The number of aromatic nitrogens is 3. The van der Waals surface area contributed by atoms with Crippen molar-refractivity contribution in [1.82, 2.24) is 20.1 Å². The number of amides is 1. The molecule has 34 heavy (non-hydrogen) atoms. The molecule has 1 aliphatic heterocycles. The van der Waals surface area contributed by atoms with Gasteiger partial charge in [0.2, 0.25) is 0 Å². The summed E-state index contributed by atoms with van der Waals surface area (Å²) in [6, 6.07) is 7.51. The van der Waals surface area contributed by atoms with Crippen LogP contribution in [0.5, 0.6) is 5.75 Å². The summed E-state index contributed by atoms with van der Waals surface area (Å²) in [5, 5.41) is 7.76. The third-order valence-corrected chi connectivity index (χ3v) is 6.14. The number of hydrogen-bond acceptors (Lipinski definition) is 6. The van der Waals surface area contributed by atoms with Crippen LogP contribution in [0.25, 0.3) is 11.0 Å². The number of ether oxygens (including phenoxy) is 2. The van der Waals surface area contributed by atoms with Gasteiger partial charge in [-0.05, 0) is 87.8 Å². The maximum atomic E-state index is 12.8. The maximum absolute atomic E-state index is 12.8. The lowest BCUT2D eigenvalue weighted by atomic mass is 9.87. The van der Waals surface area contributed by atoms with E-state index in [4.69, 9.17) is 9.47 Å². The molecule has 0 saturated carbocycles. The number of H-pyrrole nitrogens is 1. The molecule has 0 aliphatic carbocycles. The van der Waals surface area contributed by atoms with Gasteiger partial charge in [-0.15, -0.1) is 0 Å². The summed E-state index contributed by atoms with van der Waals surface area (Å²) in [5.74, 6) is 0.339. The van der Waals surface area contributed by atoms with Gasteiger partial charge in [-0.3, -0.25) is 5.10 Å². The Balaban J connectivity index is 1.41. The molecule has 0 atom stereocenters. The Bertz CT molecular complexity index is 1200. The molecule has 1 aromatic carbocycles. The molecule has 1 N–H and O–H groups in total. The molecule has 2 aromatic heterocycles. The molecule has 1 aliphatic rings. The van der Waals surface area contributed by atoms with Gasteiger partial charge in [-0.1, -0.05) is 13.0 Å². The number of nitrogens with one attached hydrogen (secondary N) is 1. The zero-order valence-corrected chi connectivity index (χ0v) is 20.5. The van der Waals surface area contributed by atoms with Crippen molar-refractivity contribution in [2.45, 2.75) is 65.4 Å². The highest BCUT2D eigenvalue weighted by atomic mass is 16.6. The van der Waals surface area contributed by atoms with Crippen molar-refractivity contribution in [2.75, 3.05) is 13.1 Å². The van der Waals surface area contributed by atoms with Crippen molar-refractivity contribution < 1.29 is 19.1 Å². The number of esters is 1. The number of carbonyl (C=O) groups excluding carboxylic acids is 2. The zero-order valence-electron chi connectivity index (χ0n) is 20.5. The summed E-state index contributed by atoms with van der Waals surface area (Å²) >= 11 is 0. The number of pyridine rings is 1. The van der Waals surface area contributed by atoms with Crippen LogP contribution in [0.4, 0.5) is 4.79 Å². The number of fused-ring (bicyclic) bond motifs is 1. The zero-order chi connectivity index (χ0) is 24.5. The van der Waals surface area contributed by atoms with Crippen molar-refractivity contribution in [3.8, 4) is 5.75 Å². The average Bonchev–Trinajstić information content (AvgIpc) is 3.26. The third-order valence-electron chi connectivity index (χ3n) is 6.14. The van der Waals surface area contributed by atoms with Crippen molar-refractivity contribution in [2.24, 2.45) is 0 Å². The van der Waals surface area contributed by atoms with Crippen molar-refractivity contribution in [3.05, 3.63) is 52.8 Å². The van der Waals surface area contributed by atoms with Crippen molar-refractivity contribution >= 4 is 23.1 Å². The van der Waals surface area contributed by atoms with Gasteiger partial charge in [-0.2, -0.15) is 5.10 Å². The lowest BCUT2D eigenvalue weighted by Crippen LogP contribution is -2.41. The first kappa shape index (κ1) is 23.7. The predicted molar refractivity (Wildman–Crippen MR) is 129 cm³/mol. The SMILES string of the molecule is CCc1cc(C(=O)Oc2ccc(C3CCN(C(=O)OC(C)(C)C)CC3)c(C)c2)nc2[nH]ncc12. The molecule has 1 fully saturated rings. The fraction of sp³-hybridized carbons (Fsp3) is 0.462. The van der Waals surface area contributed by atoms with E-state index in [1.165, 1.54) is 5.56 Å². The first-order chi connectivity index (χ1) is 16.1. The second-order valence-electron chi connectivity index (χ2n) is 9.80. The number of aryl methyl sites for hydroxylation is 2. The van der Waals surface area contributed by atoms with Crippen LogP contribution in [0.2, 0.25) is 0 Å². The van der Waals surface area contributed by atoms with E-state index >= 15 is 0 Å². The minimum absolute atomic E-state index is 0.252. The van der Waals surface area contributed by atoms with Crippen LogP contribution in [0.1, 0.15) is 73.6 Å². The minimum atomic E-state index is -0.496. The van der Waals surface area contributed by atoms with E-state index in [1.807, 2.05) is 52.8 Å². The highest BCUT2D eigenvalue weighted by Gasteiger charge is 2.28. The Labute approximate surface area is 199 Å². The molecular formula is C26H32N4O4. The third kappa shape index (κ3) is 5.21. The monoisotopic (exact) mass is 464 g/mol. The van der Waals surface area contributed by atoms with Gasteiger partial charge in [-0.25, -0.2) is 14.6 Å². The lowest BCUT2D eigenvalue weighted by molar-refractivity contribution is 0.0204. The Kier molecular flexibility index (Phi) is 6.59. The highest BCUT2D eigenvalue weighted by Crippen LogP contribution is 2.32. The number of hydrogen-bond donors (Lipinski definition) is 1. The number of piperidine rings is 1. The molecule has 180 valence electrons. The predicted octanol–water partition coefficient (Wildman–Crippen LogP) is 5.16. The van der Waals surface area contributed by atoms with Gasteiger partial charge in [0.1, 0.15) is 11.4 Å². The molecular weight excluding hydrogens is 432 g/mol. The first-order valence-corrected chi connectivity index (χ1v) is 11.8. The topological polar surface area (TPSA) is 97.4 Å². The fourth-order valence-corrected chi connectivity index (χ4v) is 4.42. The van der Waals surface area contributed by atoms with Crippen LogP contribution in [0, 0.1) is 6.92 Å². The summed E-state index contributed by atoms with van der Waals surface area (Å²) in [4.78, 5) is 31.2. The summed E-state index contributed by atoms with van der Waals surface area (Å²) in [5.41, 5.74) is 3.62. The van der Waals surface area contributed by atoms with E-state index in [0.717, 1.165) is 35.8 Å². The van der Waals surface area contributed by atoms with Crippen LogP contribution in [0.15, 0.2) is 30.5 Å². The molecule has 0 radical (unpaired) electrons. The molecule has 1 amide bonds. The Morgan fingerprint density at radius 1 is 1.18 bits per heavy atom. The van der Waals surface area contributed by atoms with E-state index in [-0.39, 0.29) is 11.8 Å². The molecule has 3 heterocycles. The Hall–Kier alpha value is -3.42. The largest absolute Gasteiger partial charge is 0.444 e. The van der Waals surface area contributed by atoms with Crippen LogP contribution >= 0.6 is 0 Å². The van der Waals surface area contributed by atoms with Crippen LogP contribution < -0.4 is 4.74 Å². The van der Waals surface area contributed by atoms with Crippen LogP contribution in [-0.4, -0.2) is 50.8 Å². The number of likely N-dealkylation sites (tertiary alicyclic amines) is 1. The summed E-state index contributed by atoms with van der Waals surface area (Å²) in [6.45, 7) is 11.0. The van der Waals surface area contributed by atoms with E-state index in [0.29, 0.717) is 30.4 Å². The van der Waals surface area contributed by atoms with Crippen LogP contribution in [0.3, 0.4) is 0 Å². The summed E-state index contributed by atoms with van der Waals surface area (Å²) in [6.07, 6.45) is 3.97. The second kappa shape index (κ2) is 9.44. The normalized spacial score (nSPS) is 14.9. The number of carbonyl (C=O) groups is 2. The van der Waals surface area contributed by atoms with Gasteiger partial charge >= 0.3 is 12.1 Å². The highest BCUT2D eigenvalue weighted by molar-refractivity contribution is 5.92. The van der Waals surface area contributed by atoms with E-state index in [2.05, 4.69) is 15.2 Å². The average molecular weight is 465 g/mol.